The fourth-order valence-corrected chi connectivity index (χ4v) is 3.39. The second-order valence-corrected chi connectivity index (χ2v) is 7.43. The van der Waals surface area contributed by atoms with E-state index in [4.69, 9.17) is 9.47 Å². The van der Waals surface area contributed by atoms with Crippen molar-refractivity contribution in [3.05, 3.63) is 59.8 Å². The number of allylic oxidation sites excluding steroid dienone is 1. The fourth-order valence-electron chi connectivity index (χ4n) is 3.39. The third-order valence-electron chi connectivity index (χ3n) is 5.05. The first kappa shape index (κ1) is 24.2. The van der Waals surface area contributed by atoms with Crippen molar-refractivity contribution >= 4 is 24.2 Å². The number of carbonyl (C=O) groups is 2. The molecule has 2 aliphatic heterocycles. The maximum atomic E-state index is 12.8. The van der Waals surface area contributed by atoms with E-state index >= 15 is 0 Å². The molecule has 176 valence electrons. The smallest absolute Gasteiger partial charge is 0.342 e. The molecular formula is C23H26N2O8. The van der Waals surface area contributed by atoms with Gasteiger partial charge in [0.25, 0.3) is 0 Å². The number of epoxide rings is 1. The lowest BCUT2D eigenvalue weighted by atomic mass is 10.00. The van der Waals surface area contributed by atoms with Gasteiger partial charge in [0.2, 0.25) is 5.91 Å². The van der Waals surface area contributed by atoms with E-state index < -0.39 is 42.4 Å². The molecule has 1 saturated heterocycles. The van der Waals surface area contributed by atoms with Gasteiger partial charge in [0.1, 0.15) is 42.8 Å². The number of aromatic hydroxyl groups is 1. The number of oxime groups is 1. The number of cyclic esters (lactones) is 1. The number of aliphatic hydroxyl groups excluding tert-OH is 2. The number of fused-ring (bicyclic) bond motifs is 2. The van der Waals surface area contributed by atoms with Crippen LogP contribution < -0.4 is 5.32 Å². The SMILES string of the molecule is CO/N=C/C=C\C(=O)N/C=C/C[C@H]1C[C@@H](O)[C@H]2O[C@H]2[C@@H](O)/C=C/c2cccc(O)c2C(=O)O1. The normalized spacial score (nSPS) is 28.5. The summed E-state index contributed by atoms with van der Waals surface area (Å²) in [7, 11) is 1.38. The van der Waals surface area contributed by atoms with Gasteiger partial charge in [-0.25, -0.2) is 4.79 Å². The zero-order chi connectivity index (χ0) is 23.8. The minimum atomic E-state index is -0.981. The Bertz CT molecular complexity index is 971. The second-order valence-electron chi connectivity index (χ2n) is 7.43. The molecule has 3 rings (SSSR count). The molecule has 2 heterocycles. The molecule has 0 saturated carbocycles. The average molecular weight is 458 g/mol. The molecule has 2 aliphatic rings. The van der Waals surface area contributed by atoms with Crippen LogP contribution in [-0.2, 0) is 19.1 Å². The number of benzene rings is 1. The Labute approximate surface area is 190 Å². The highest BCUT2D eigenvalue weighted by Gasteiger charge is 2.48. The number of phenolic OH excluding ortho intramolecular Hbond substituents is 1. The van der Waals surface area contributed by atoms with Crippen LogP contribution in [0.3, 0.4) is 0 Å². The van der Waals surface area contributed by atoms with Gasteiger partial charge < -0.3 is 34.9 Å². The predicted octanol–water partition coefficient (Wildman–Crippen LogP) is 1.03. The van der Waals surface area contributed by atoms with Crippen LogP contribution in [0.2, 0.25) is 0 Å². The first-order valence-corrected chi connectivity index (χ1v) is 10.3. The van der Waals surface area contributed by atoms with E-state index in [0.717, 1.165) is 0 Å². The molecule has 10 nitrogen and oxygen atoms in total. The Kier molecular flexibility index (Phi) is 8.36. The molecule has 0 aliphatic carbocycles. The standard InChI is InChI=1S/C23H26N2O8/c1-31-25-12-4-8-19(29)24-11-3-6-15-13-18(28)22-21(33-22)17(27)10-9-14-5-2-7-16(26)20(14)23(30)32-15/h2-5,7-12,15,17-18,21-22,26-28H,6,13H2,1H3,(H,24,29)/b8-4-,10-9+,11-3+,25-12+/t15-,17-,18+,21-,22+/m0/s1. The maximum Gasteiger partial charge on any atom is 0.342 e. The van der Waals surface area contributed by atoms with Crippen LogP contribution >= 0.6 is 0 Å². The predicted molar refractivity (Wildman–Crippen MR) is 118 cm³/mol. The molecule has 0 bridgehead atoms. The molecule has 0 aromatic heterocycles. The van der Waals surface area contributed by atoms with E-state index in [1.54, 1.807) is 18.2 Å². The summed E-state index contributed by atoms with van der Waals surface area (Å²) in [6, 6.07) is 4.55. The summed E-state index contributed by atoms with van der Waals surface area (Å²) in [6.45, 7) is 0. The van der Waals surface area contributed by atoms with Crippen LogP contribution in [0.5, 0.6) is 5.75 Å². The Hall–Kier alpha value is -3.47. The number of aliphatic hydroxyl groups is 2. The van der Waals surface area contributed by atoms with Crippen LogP contribution in [-0.4, -0.2) is 71.0 Å². The van der Waals surface area contributed by atoms with Gasteiger partial charge in [-0.15, -0.1) is 0 Å². The van der Waals surface area contributed by atoms with Crippen molar-refractivity contribution < 1.29 is 39.2 Å². The van der Waals surface area contributed by atoms with Crippen molar-refractivity contribution in [3.63, 3.8) is 0 Å². The minimum Gasteiger partial charge on any atom is -0.507 e. The zero-order valence-corrected chi connectivity index (χ0v) is 17.9. The summed E-state index contributed by atoms with van der Waals surface area (Å²) in [6.07, 6.45) is 6.20. The number of ether oxygens (including phenoxy) is 2. The molecule has 33 heavy (non-hydrogen) atoms. The second kappa shape index (κ2) is 11.4. The lowest BCUT2D eigenvalue weighted by Gasteiger charge is -2.20. The highest BCUT2D eigenvalue weighted by Crippen LogP contribution is 2.33. The average Bonchev–Trinajstić information content (AvgIpc) is 3.58. The third kappa shape index (κ3) is 6.75. The van der Waals surface area contributed by atoms with Crippen LogP contribution in [0.15, 0.2) is 53.9 Å². The van der Waals surface area contributed by atoms with Crippen LogP contribution in [0.25, 0.3) is 6.08 Å². The summed E-state index contributed by atoms with van der Waals surface area (Å²) < 4.78 is 11.0. The molecular weight excluding hydrogens is 432 g/mol. The number of hydrogen-bond donors (Lipinski definition) is 4. The van der Waals surface area contributed by atoms with E-state index in [1.807, 2.05) is 0 Å². The van der Waals surface area contributed by atoms with Gasteiger partial charge in [0, 0.05) is 25.1 Å². The quantitative estimate of drug-likeness (QED) is 0.162. The molecule has 4 N–H and O–H groups in total. The Morgan fingerprint density at radius 2 is 2.15 bits per heavy atom. The van der Waals surface area contributed by atoms with Crippen molar-refractivity contribution in [1.29, 1.82) is 0 Å². The lowest BCUT2D eigenvalue weighted by molar-refractivity contribution is -0.115. The van der Waals surface area contributed by atoms with Crippen molar-refractivity contribution in [1.82, 2.24) is 5.32 Å². The first-order valence-electron chi connectivity index (χ1n) is 10.3. The van der Waals surface area contributed by atoms with Crippen LogP contribution in [0.4, 0.5) is 0 Å². The fraction of sp³-hybridized carbons (Fsp3) is 0.348. The third-order valence-corrected chi connectivity index (χ3v) is 5.05. The number of nitrogens with zero attached hydrogens (tertiary/aromatic N) is 1. The Morgan fingerprint density at radius 3 is 2.94 bits per heavy atom. The molecule has 0 spiro atoms. The van der Waals surface area contributed by atoms with Gasteiger partial charge in [0.05, 0.1) is 12.3 Å². The topological polar surface area (TPSA) is 150 Å². The molecule has 1 aromatic carbocycles. The summed E-state index contributed by atoms with van der Waals surface area (Å²) in [5, 5.41) is 37.0. The van der Waals surface area contributed by atoms with Gasteiger partial charge in [-0.05, 0) is 17.7 Å². The lowest BCUT2D eigenvalue weighted by Crippen LogP contribution is -2.30. The number of rotatable bonds is 6. The van der Waals surface area contributed by atoms with Gasteiger partial charge in [-0.2, -0.15) is 0 Å². The molecule has 1 fully saturated rings. The van der Waals surface area contributed by atoms with Crippen molar-refractivity contribution in [2.24, 2.45) is 5.16 Å². The number of phenols is 1. The minimum absolute atomic E-state index is 0.0396. The molecule has 0 unspecified atom stereocenters. The summed E-state index contributed by atoms with van der Waals surface area (Å²) >= 11 is 0. The largest absolute Gasteiger partial charge is 0.507 e. The number of nitrogens with one attached hydrogen (secondary N) is 1. The molecule has 10 heteroatoms. The van der Waals surface area contributed by atoms with Gasteiger partial charge in [-0.1, -0.05) is 35.5 Å². The highest BCUT2D eigenvalue weighted by atomic mass is 16.6. The molecule has 1 amide bonds. The van der Waals surface area contributed by atoms with Crippen LogP contribution in [0, 0.1) is 0 Å². The molecule has 1 aromatic rings. The van der Waals surface area contributed by atoms with E-state index in [2.05, 4.69) is 15.3 Å². The number of esters is 1. The number of carbonyl (C=O) groups excluding carboxylic acids is 2. The van der Waals surface area contributed by atoms with Gasteiger partial charge in [-0.3, -0.25) is 4.79 Å². The molecule has 5 atom stereocenters. The Balaban J connectivity index is 1.72. The van der Waals surface area contributed by atoms with E-state index in [-0.39, 0.29) is 24.2 Å². The van der Waals surface area contributed by atoms with Crippen molar-refractivity contribution in [3.8, 4) is 5.75 Å². The van der Waals surface area contributed by atoms with Crippen LogP contribution in [0.1, 0.15) is 28.8 Å². The molecule has 0 radical (unpaired) electrons. The van der Waals surface area contributed by atoms with Crippen molar-refractivity contribution in [2.75, 3.05) is 7.11 Å². The summed E-state index contributed by atoms with van der Waals surface area (Å²) in [5.74, 6) is -1.44. The number of amides is 1. The van der Waals surface area contributed by atoms with E-state index in [0.29, 0.717) is 5.56 Å². The summed E-state index contributed by atoms with van der Waals surface area (Å²) in [4.78, 5) is 29.0. The van der Waals surface area contributed by atoms with E-state index in [9.17, 15) is 24.9 Å². The van der Waals surface area contributed by atoms with Crippen molar-refractivity contribution in [2.45, 2.75) is 43.4 Å². The highest BCUT2D eigenvalue weighted by molar-refractivity contribution is 5.96. The summed E-state index contributed by atoms with van der Waals surface area (Å²) in [5.41, 5.74) is 0.331. The monoisotopic (exact) mass is 458 g/mol. The van der Waals surface area contributed by atoms with Gasteiger partial charge in [0.15, 0.2) is 0 Å². The zero-order valence-electron chi connectivity index (χ0n) is 17.9. The maximum absolute atomic E-state index is 12.8. The number of hydrogen-bond acceptors (Lipinski definition) is 9. The van der Waals surface area contributed by atoms with Gasteiger partial charge >= 0.3 is 5.97 Å². The van der Waals surface area contributed by atoms with E-state index in [1.165, 1.54) is 49.9 Å². The Morgan fingerprint density at radius 1 is 1.33 bits per heavy atom. The first-order chi connectivity index (χ1) is 15.9.